The maximum Gasteiger partial charge on any atom is 0.153 e. The van der Waals surface area contributed by atoms with E-state index in [1.165, 1.54) is 0 Å². The Kier molecular flexibility index (Phi) is 3.28. The number of furan rings is 1. The first-order chi connectivity index (χ1) is 9.65. The fourth-order valence-corrected chi connectivity index (χ4v) is 2.69. The van der Waals surface area contributed by atoms with E-state index in [4.69, 9.17) is 16.0 Å². The molecule has 3 heteroatoms. The third kappa shape index (κ3) is 2.01. The molecule has 2 aromatic carbocycles. The Morgan fingerprint density at radius 2 is 1.85 bits per heavy atom. The standard InChI is InChI=1S/C17H15ClO2/c1-2-17(19,13-8-4-3-5-9-13)15-11-12-7-6-10-14(18)16(12)20-15/h3-11,19H,2H2,1H3. The summed E-state index contributed by atoms with van der Waals surface area (Å²) in [6, 6.07) is 17.0. The fourth-order valence-electron chi connectivity index (χ4n) is 2.47. The Morgan fingerprint density at radius 1 is 1.10 bits per heavy atom. The Hall–Kier alpha value is -1.77. The van der Waals surface area contributed by atoms with Crippen molar-refractivity contribution in [3.05, 3.63) is 70.9 Å². The molecule has 0 fully saturated rings. The van der Waals surface area contributed by atoms with Gasteiger partial charge in [-0.3, -0.25) is 0 Å². The molecule has 0 aliphatic heterocycles. The second-order valence-electron chi connectivity index (χ2n) is 4.85. The molecule has 1 aromatic heterocycles. The van der Waals surface area contributed by atoms with E-state index < -0.39 is 5.60 Å². The Morgan fingerprint density at radius 3 is 2.50 bits per heavy atom. The van der Waals surface area contributed by atoms with Crippen molar-refractivity contribution in [2.24, 2.45) is 0 Å². The van der Waals surface area contributed by atoms with Gasteiger partial charge in [-0.1, -0.05) is 61.0 Å². The molecule has 0 aliphatic rings. The van der Waals surface area contributed by atoms with Crippen molar-refractivity contribution in [3.63, 3.8) is 0 Å². The molecular weight excluding hydrogens is 272 g/mol. The van der Waals surface area contributed by atoms with Crippen LogP contribution in [0.2, 0.25) is 5.02 Å². The SMILES string of the molecule is CCC(O)(c1ccccc1)c1cc2cccc(Cl)c2o1. The van der Waals surface area contributed by atoms with Crippen molar-refractivity contribution in [1.29, 1.82) is 0 Å². The summed E-state index contributed by atoms with van der Waals surface area (Å²) in [7, 11) is 0. The molecule has 3 aromatic rings. The summed E-state index contributed by atoms with van der Waals surface area (Å²) in [6.45, 7) is 1.93. The van der Waals surface area contributed by atoms with Crippen LogP contribution in [-0.4, -0.2) is 5.11 Å². The zero-order valence-electron chi connectivity index (χ0n) is 11.1. The first kappa shape index (κ1) is 13.2. The fraction of sp³-hybridized carbons (Fsp3) is 0.176. The highest BCUT2D eigenvalue weighted by atomic mass is 35.5. The van der Waals surface area contributed by atoms with Crippen LogP contribution in [0.25, 0.3) is 11.0 Å². The van der Waals surface area contributed by atoms with E-state index in [0.29, 0.717) is 22.8 Å². The van der Waals surface area contributed by atoms with Gasteiger partial charge in [0, 0.05) is 5.39 Å². The van der Waals surface area contributed by atoms with Crippen LogP contribution in [0.5, 0.6) is 0 Å². The number of rotatable bonds is 3. The van der Waals surface area contributed by atoms with Crippen LogP contribution in [0.1, 0.15) is 24.7 Å². The highest BCUT2D eigenvalue weighted by molar-refractivity contribution is 6.34. The van der Waals surface area contributed by atoms with Crippen LogP contribution in [0.4, 0.5) is 0 Å². The van der Waals surface area contributed by atoms with Crippen LogP contribution in [0.3, 0.4) is 0 Å². The number of aliphatic hydroxyl groups is 1. The Balaban J connectivity index is 2.19. The van der Waals surface area contributed by atoms with Gasteiger partial charge in [-0.2, -0.15) is 0 Å². The number of benzene rings is 2. The molecule has 1 atom stereocenters. The minimum Gasteiger partial charge on any atom is -0.456 e. The van der Waals surface area contributed by atoms with Crippen molar-refractivity contribution < 1.29 is 9.52 Å². The van der Waals surface area contributed by atoms with Gasteiger partial charge in [0.1, 0.15) is 11.4 Å². The quantitative estimate of drug-likeness (QED) is 0.755. The largest absolute Gasteiger partial charge is 0.456 e. The molecule has 0 saturated heterocycles. The van der Waals surface area contributed by atoms with E-state index in [0.717, 1.165) is 10.9 Å². The van der Waals surface area contributed by atoms with E-state index in [-0.39, 0.29) is 0 Å². The van der Waals surface area contributed by atoms with E-state index in [1.807, 2.05) is 55.5 Å². The Bertz CT molecular complexity index is 733. The lowest BCUT2D eigenvalue weighted by molar-refractivity contribution is 0.0544. The van der Waals surface area contributed by atoms with Crippen LogP contribution in [0.15, 0.2) is 59.0 Å². The van der Waals surface area contributed by atoms with Crippen molar-refractivity contribution in [2.45, 2.75) is 18.9 Å². The molecule has 2 nitrogen and oxygen atoms in total. The molecule has 1 unspecified atom stereocenters. The third-order valence-corrected chi connectivity index (χ3v) is 3.96. The lowest BCUT2D eigenvalue weighted by Crippen LogP contribution is -2.25. The molecule has 0 aliphatic carbocycles. The molecule has 0 bridgehead atoms. The summed E-state index contributed by atoms with van der Waals surface area (Å²) in [5.74, 6) is 0.523. The zero-order chi connectivity index (χ0) is 14.2. The third-order valence-electron chi connectivity index (χ3n) is 3.67. The van der Waals surface area contributed by atoms with Crippen molar-refractivity contribution >= 4 is 22.6 Å². The van der Waals surface area contributed by atoms with Crippen molar-refractivity contribution in [2.75, 3.05) is 0 Å². The van der Waals surface area contributed by atoms with Gasteiger partial charge in [0.25, 0.3) is 0 Å². The monoisotopic (exact) mass is 286 g/mol. The van der Waals surface area contributed by atoms with Gasteiger partial charge in [0.05, 0.1) is 5.02 Å². The van der Waals surface area contributed by atoms with Crippen LogP contribution in [0, 0.1) is 0 Å². The van der Waals surface area contributed by atoms with Crippen LogP contribution >= 0.6 is 11.6 Å². The maximum atomic E-state index is 11.0. The average Bonchev–Trinajstić information content (AvgIpc) is 2.93. The van der Waals surface area contributed by atoms with Gasteiger partial charge in [-0.15, -0.1) is 0 Å². The summed E-state index contributed by atoms with van der Waals surface area (Å²) < 4.78 is 5.83. The molecule has 0 spiro atoms. The summed E-state index contributed by atoms with van der Waals surface area (Å²) in [5.41, 5.74) is 0.300. The van der Waals surface area contributed by atoms with Gasteiger partial charge < -0.3 is 9.52 Å². The zero-order valence-corrected chi connectivity index (χ0v) is 11.9. The second kappa shape index (κ2) is 4.97. The smallest absolute Gasteiger partial charge is 0.153 e. The second-order valence-corrected chi connectivity index (χ2v) is 5.26. The number of fused-ring (bicyclic) bond motifs is 1. The van der Waals surface area contributed by atoms with E-state index in [9.17, 15) is 5.11 Å². The van der Waals surface area contributed by atoms with Gasteiger partial charge in [-0.25, -0.2) is 0 Å². The highest BCUT2D eigenvalue weighted by Gasteiger charge is 2.33. The molecule has 3 rings (SSSR count). The molecule has 1 N–H and O–H groups in total. The van der Waals surface area contributed by atoms with E-state index in [1.54, 1.807) is 6.07 Å². The first-order valence-corrected chi connectivity index (χ1v) is 6.99. The molecular formula is C17H15ClO2. The van der Waals surface area contributed by atoms with Crippen LogP contribution < -0.4 is 0 Å². The average molecular weight is 287 g/mol. The molecule has 1 heterocycles. The predicted molar refractivity (Wildman–Crippen MR) is 81.0 cm³/mol. The van der Waals surface area contributed by atoms with Crippen molar-refractivity contribution in [3.8, 4) is 0 Å². The van der Waals surface area contributed by atoms with Gasteiger partial charge in [-0.05, 0) is 24.1 Å². The highest BCUT2D eigenvalue weighted by Crippen LogP contribution is 2.37. The minimum atomic E-state index is -1.14. The molecule has 0 amide bonds. The topological polar surface area (TPSA) is 33.4 Å². The number of hydrogen-bond acceptors (Lipinski definition) is 2. The van der Waals surface area contributed by atoms with E-state index >= 15 is 0 Å². The molecule has 0 radical (unpaired) electrons. The Labute approximate surface area is 122 Å². The first-order valence-electron chi connectivity index (χ1n) is 6.61. The normalized spacial score (nSPS) is 14.3. The molecule has 20 heavy (non-hydrogen) atoms. The number of para-hydroxylation sites is 1. The number of hydrogen-bond donors (Lipinski definition) is 1. The summed E-state index contributed by atoms with van der Waals surface area (Å²) in [5, 5.41) is 12.5. The maximum absolute atomic E-state index is 11.0. The van der Waals surface area contributed by atoms with E-state index in [2.05, 4.69) is 0 Å². The lowest BCUT2D eigenvalue weighted by atomic mass is 9.88. The predicted octanol–water partition coefficient (Wildman–Crippen LogP) is 4.73. The summed E-state index contributed by atoms with van der Waals surface area (Å²) >= 11 is 6.13. The summed E-state index contributed by atoms with van der Waals surface area (Å²) in [4.78, 5) is 0. The minimum absolute atomic E-state index is 0.522. The summed E-state index contributed by atoms with van der Waals surface area (Å²) in [6.07, 6.45) is 0.522. The van der Waals surface area contributed by atoms with Gasteiger partial charge >= 0.3 is 0 Å². The molecule has 0 saturated carbocycles. The van der Waals surface area contributed by atoms with Crippen LogP contribution in [-0.2, 0) is 5.60 Å². The van der Waals surface area contributed by atoms with Gasteiger partial charge in [0.15, 0.2) is 5.58 Å². The van der Waals surface area contributed by atoms with Gasteiger partial charge in [0.2, 0.25) is 0 Å². The number of halogens is 1. The lowest BCUT2D eigenvalue weighted by Gasteiger charge is -2.24. The van der Waals surface area contributed by atoms with Crippen molar-refractivity contribution in [1.82, 2.24) is 0 Å². The molecule has 102 valence electrons.